The fraction of sp³-hybridized carbons (Fsp3) is 0.533. The van der Waals surface area contributed by atoms with Crippen molar-refractivity contribution in [3.63, 3.8) is 0 Å². The van der Waals surface area contributed by atoms with E-state index in [0.717, 1.165) is 12.5 Å². The SMILES string of the molecule is CN=C(NCC1(c2ccccc2)CC1)NC1CC1.I. The molecule has 0 aromatic heterocycles. The fourth-order valence-corrected chi connectivity index (χ4v) is 2.38. The third-order valence-corrected chi connectivity index (χ3v) is 3.98. The number of benzene rings is 1. The Balaban J connectivity index is 0.00000133. The first-order valence-corrected chi connectivity index (χ1v) is 6.85. The van der Waals surface area contributed by atoms with E-state index in [0.29, 0.717) is 11.5 Å². The lowest BCUT2D eigenvalue weighted by Gasteiger charge is -2.18. The number of halogens is 1. The van der Waals surface area contributed by atoms with E-state index in [2.05, 4.69) is 46.0 Å². The minimum Gasteiger partial charge on any atom is -0.356 e. The van der Waals surface area contributed by atoms with Crippen LogP contribution >= 0.6 is 24.0 Å². The molecule has 2 N–H and O–H groups in total. The van der Waals surface area contributed by atoms with Crippen molar-refractivity contribution in [1.82, 2.24) is 10.6 Å². The third-order valence-electron chi connectivity index (χ3n) is 3.98. The van der Waals surface area contributed by atoms with Crippen LogP contribution in [0.15, 0.2) is 35.3 Å². The van der Waals surface area contributed by atoms with Crippen LogP contribution in [0.25, 0.3) is 0 Å². The average Bonchev–Trinajstić information content (AvgIpc) is 3.31. The second-order valence-electron chi connectivity index (χ2n) is 5.49. The summed E-state index contributed by atoms with van der Waals surface area (Å²) in [5.41, 5.74) is 1.81. The quantitative estimate of drug-likeness (QED) is 0.485. The summed E-state index contributed by atoms with van der Waals surface area (Å²) < 4.78 is 0. The van der Waals surface area contributed by atoms with Crippen molar-refractivity contribution in [3.8, 4) is 0 Å². The summed E-state index contributed by atoms with van der Waals surface area (Å²) in [6.45, 7) is 0.989. The van der Waals surface area contributed by atoms with E-state index in [1.165, 1.54) is 31.2 Å². The van der Waals surface area contributed by atoms with E-state index in [4.69, 9.17) is 0 Å². The van der Waals surface area contributed by atoms with Crippen LogP contribution in [0.2, 0.25) is 0 Å². The van der Waals surface area contributed by atoms with Crippen LogP contribution in [0.4, 0.5) is 0 Å². The molecule has 0 atom stereocenters. The zero-order chi connectivity index (χ0) is 12.4. The number of hydrogen-bond acceptors (Lipinski definition) is 1. The van der Waals surface area contributed by atoms with Crippen molar-refractivity contribution in [1.29, 1.82) is 0 Å². The van der Waals surface area contributed by atoms with Crippen LogP contribution in [0, 0.1) is 0 Å². The Morgan fingerprint density at radius 3 is 2.47 bits per heavy atom. The molecule has 0 amide bonds. The summed E-state index contributed by atoms with van der Waals surface area (Å²) in [5.74, 6) is 0.958. The molecule has 2 aliphatic carbocycles. The van der Waals surface area contributed by atoms with Gasteiger partial charge in [0.05, 0.1) is 0 Å². The van der Waals surface area contributed by atoms with Gasteiger partial charge in [-0.2, -0.15) is 0 Å². The normalized spacial score (nSPS) is 20.4. The molecule has 1 aromatic rings. The van der Waals surface area contributed by atoms with Crippen molar-refractivity contribution in [2.24, 2.45) is 4.99 Å². The summed E-state index contributed by atoms with van der Waals surface area (Å²) >= 11 is 0. The lowest BCUT2D eigenvalue weighted by molar-refractivity contribution is 0.645. The van der Waals surface area contributed by atoms with Gasteiger partial charge >= 0.3 is 0 Å². The molecular weight excluding hydrogens is 349 g/mol. The monoisotopic (exact) mass is 371 g/mol. The molecule has 104 valence electrons. The highest BCUT2D eigenvalue weighted by atomic mass is 127. The topological polar surface area (TPSA) is 36.4 Å². The standard InChI is InChI=1S/C15H21N3.HI/c1-16-14(18-13-7-8-13)17-11-15(9-10-15)12-5-3-2-4-6-12;/h2-6,13H,7-11H2,1H3,(H2,16,17,18);1H. The van der Waals surface area contributed by atoms with Gasteiger partial charge < -0.3 is 10.6 Å². The lowest BCUT2D eigenvalue weighted by atomic mass is 9.96. The zero-order valence-corrected chi connectivity index (χ0v) is 13.7. The van der Waals surface area contributed by atoms with Gasteiger partial charge in [0.25, 0.3) is 0 Å². The molecule has 0 heterocycles. The summed E-state index contributed by atoms with van der Waals surface area (Å²) in [5, 5.41) is 6.91. The van der Waals surface area contributed by atoms with Crippen molar-refractivity contribution >= 4 is 29.9 Å². The predicted octanol–water partition coefficient (Wildman–Crippen LogP) is 2.66. The largest absolute Gasteiger partial charge is 0.356 e. The first-order chi connectivity index (χ1) is 8.82. The molecule has 0 saturated heterocycles. The van der Waals surface area contributed by atoms with Gasteiger partial charge in [0.15, 0.2) is 5.96 Å². The molecular formula is C15H22IN3. The molecule has 2 fully saturated rings. The molecule has 0 spiro atoms. The molecule has 19 heavy (non-hydrogen) atoms. The zero-order valence-electron chi connectivity index (χ0n) is 11.4. The van der Waals surface area contributed by atoms with Crippen LogP contribution in [-0.2, 0) is 5.41 Å². The molecule has 3 rings (SSSR count). The Hall–Kier alpha value is -0.780. The number of nitrogens with zero attached hydrogens (tertiary/aromatic N) is 1. The van der Waals surface area contributed by atoms with Crippen molar-refractivity contribution in [2.75, 3.05) is 13.6 Å². The number of aliphatic imine (C=N–C) groups is 1. The van der Waals surface area contributed by atoms with Gasteiger partial charge in [-0.25, -0.2) is 0 Å². The number of rotatable bonds is 4. The van der Waals surface area contributed by atoms with E-state index in [1.54, 1.807) is 0 Å². The minimum absolute atomic E-state index is 0. The molecule has 0 bridgehead atoms. The molecule has 2 aliphatic rings. The van der Waals surface area contributed by atoms with Gasteiger partial charge in [-0.15, -0.1) is 24.0 Å². The van der Waals surface area contributed by atoms with Crippen LogP contribution in [-0.4, -0.2) is 25.6 Å². The molecule has 4 heteroatoms. The molecule has 0 unspecified atom stereocenters. The maximum Gasteiger partial charge on any atom is 0.191 e. The van der Waals surface area contributed by atoms with E-state index >= 15 is 0 Å². The molecule has 0 aliphatic heterocycles. The Morgan fingerprint density at radius 2 is 1.95 bits per heavy atom. The summed E-state index contributed by atoms with van der Waals surface area (Å²) in [7, 11) is 1.85. The fourth-order valence-electron chi connectivity index (χ4n) is 2.38. The first-order valence-electron chi connectivity index (χ1n) is 6.85. The summed E-state index contributed by atoms with van der Waals surface area (Å²) in [6.07, 6.45) is 5.13. The summed E-state index contributed by atoms with van der Waals surface area (Å²) in [6, 6.07) is 11.5. The molecule has 2 saturated carbocycles. The lowest BCUT2D eigenvalue weighted by Crippen LogP contribution is -2.42. The van der Waals surface area contributed by atoms with Gasteiger partial charge in [-0.05, 0) is 31.2 Å². The van der Waals surface area contributed by atoms with Gasteiger partial charge in [0.1, 0.15) is 0 Å². The summed E-state index contributed by atoms with van der Waals surface area (Å²) in [4.78, 5) is 4.29. The second kappa shape index (κ2) is 6.11. The highest BCUT2D eigenvalue weighted by molar-refractivity contribution is 14.0. The van der Waals surface area contributed by atoms with Gasteiger partial charge in [-0.3, -0.25) is 4.99 Å². The Bertz CT molecular complexity index is 436. The van der Waals surface area contributed by atoms with Crippen LogP contribution in [0.1, 0.15) is 31.2 Å². The van der Waals surface area contributed by atoms with E-state index in [-0.39, 0.29) is 24.0 Å². The highest BCUT2D eigenvalue weighted by Crippen LogP contribution is 2.47. The predicted molar refractivity (Wildman–Crippen MR) is 90.3 cm³/mol. The second-order valence-corrected chi connectivity index (χ2v) is 5.49. The van der Waals surface area contributed by atoms with E-state index in [9.17, 15) is 0 Å². The Labute approximate surface area is 132 Å². The van der Waals surface area contributed by atoms with Crippen molar-refractivity contribution < 1.29 is 0 Å². The van der Waals surface area contributed by atoms with E-state index < -0.39 is 0 Å². The Morgan fingerprint density at radius 1 is 1.26 bits per heavy atom. The molecule has 1 aromatic carbocycles. The van der Waals surface area contributed by atoms with Crippen LogP contribution in [0.5, 0.6) is 0 Å². The smallest absolute Gasteiger partial charge is 0.191 e. The van der Waals surface area contributed by atoms with E-state index in [1.807, 2.05) is 7.05 Å². The van der Waals surface area contributed by atoms with Crippen LogP contribution in [0.3, 0.4) is 0 Å². The number of nitrogens with one attached hydrogen (secondary N) is 2. The van der Waals surface area contributed by atoms with Crippen molar-refractivity contribution in [2.45, 2.75) is 37.1 Å². The van der Waals surface area contributed by atoms with Gasteiger partial charge in [0, 0.05) is 25.0 Å². The Kier molecular flexibility index (Phi) is 4.71. The first kappa shape index (κ1) is 14.6. The van der Waals surface area contributed by atoms with Gasteiger partial charge in [0.2, 0.25) is 0 Å². The van der Waals surface area contributed by atoms with Crippen LogP contribution < -0.4 is 10.6 Å². The average molecular weight is 371 g/mol. The maximum atomic E-state index is 4.29. The number of hydrogen-bond donors (Lipinski definition) is 2. The molecule has 3 nitrogen and oxygen atoms in total. The number of guanidine groups is 1. The highest BCUT2D eigenvalue weighted by Gasteiger charge is 2.44. The van der Waals surface area contributed by atoms with Crippen molar-refractivity contribution in [3.05, 3.63) is 35.9 Å². The third kappa shape index (κ3) is 3.61. The van der Waals surface area contributed by atoms with Gasteiger partial charge in [-0.1, -0.05) is 30.3 Å². The molecule has 0 radical (unpaired) electrons. The minimum atomic E-state index is 0. The maximum absolute atomic E-state index is 4.29.